The Morgan fingerprint density at radius 3 is 2.41 bits per heavy atom. The van der Waals surface area contributed by atoms with Crippen LogP contribution in [0.15, 0.2) is 48.8 Å². The van der Waals surface area contributed by atoms with Crippen molar-refractivity contribution >= 4 is 0 Å². The monoisotopic (exact) mass is 295 g/mol. The van der Waals surface area contributed by atoms with E-state index in [0.29, 0.717) is 0 Å². The number of nitrogens with one attached hydrogen (secondary N) is 1. The normalized spacial score (nSPS) is 10.8. The third-order valence-corrected chi connectivity index (χ3v) is 3.61. The van der Waals surface area contributed by atoms with Crippen LogP contribution in [0.4, 0.5) is 4.39 Å². The minimum Gasteiger partial charge on any atom is -0.341 e. The first-order valence-corrected chi connectivity index (χ1v) is 7.53. The number of nitrogens with zero attached hydrogens (tertiary/aromatic N) is 2. The molecule has 0 aliphatic carbocycles. The van der Waals surface area contributed by atoms with Crippen LogP contribution in [0.2, 0.25) is 0 Å². The molecular weight excluding hydrogens is 277 g/mol. The van der Waals surface area contributed by atoms with Crippen molar-refractivity contribution in [1.82, 2.24) is 15.0 Å². The average molecular weight is 295 g/mol. The van der Waals surface area contributed by atoms with Crippen molar-refractivity contribution in [2.24, 2.45) is 0 Å². The summed E-state index contributed by atoms with van der Waals surface area (Å²) >= 11 is 0. The molecule has 22 heavy (non-hydrogen) atoms. The van der Waals surface area contributed by atoms with Crippen LogP contribution in [0, 0.1) is 5.82 Å². The van der Waals surface area contributed by atoms with Gasteiger partial charge in [0.05, 0.1) is 11.4 Å². The Labute approximate surface area is 129 Å². The first kappa shape index (κ1) is 14.4. The second-order valence-corrected chi connectivity index (χ2v) is 5.25. The van der Waals surface area contributed by atoms with E-state index in [4.69, 9.17) is 4.98 Å². The Balaban J connectivity index is 2.06. The van der Waals surface area contributed by atoms with Crippen LogP contribution in [0.1, 0.15) is 25.6 Å². The topological polar surface area (TPSA) is 41.6 Å². The summed E-state index contributed by atoms with van der Waals surface area (Å²) in [5, 5.41) is 0. The van der Waals surface area contributed by atoms with Crippen molar-refractivity contribution < 1.29 is 4.39 Å². The third-order valence-electron chi connectivity index (χ3n) is 3.61. The minimum atomic E-state index is -0.240. The van der Waals surface area contributed by atoms with Crippen LogP contribution < -0.4 is 0 Å². The number of aromatic amines is 1. The van der Waals surface area contributed by atoms with Crippen molar-refractivity contribution in [2.45, 2.75) is 26.2 Å². The molecule has 0 aliphatic rings. The van der Waals surface area contributed by atoms with Gasteiger partial charge in [0.1, 0.15) is 11.6 Å². The molecule has 1 N–H and O–H groups in total. The molecule has 3 nitrogen and oxygen atoms in total. The molecule has 0 saturated heterocycles. The molecule has 0 bridgehead atoms. The SMILES string of the molecule is CCCCc1nc(-c2ccc(F)cc2)c(-c2ccncc2)[nH]1. The van der Waals surface area contributed by atoms with Gasteiger partial charge in [0.2, 0.25) is 0 Å². The summed E-state index contributed by atoms with van der Waals surface area (Å²) in [6.45, 7) is 2.16. The van der Waals surface area contributed by atoms with Crippen molar-refractivity contribution in [2.75, 3.05) is 0 Å². The molecule has 0 fully saturated rings. The van der Waals surface area contributed by atoms with E-state index in [0.717, 1.165) is 47.6 Å². The summed E-state index contributed by atoms with van der Waals surface area (Å²) in [5.41, 5.74) is 3.76. The highest BCUT2D eigenvalue weighted by Crippen LogP contribution is 2.30. The largest absolute Gasteiger partial charge is 0.341 e. The smallest absolute Gasteiger partial charge is 0.123 e. The molecule has 3 aromatic rings. The molecule has 0 aliphatic heterocycles. The van der Waals surface area contributed by atoms with Gasteiger partial charge < -0.3 is 4.98 Å². The Bertz CT molecular complexity index is 733. The van der Waals surface area contributed by atoms with E-state index < -0.39 is 0 Å². The average Bonchev–Trinajstić information content (AvgIpc) is 2.98. The molecule has 112 valence electrons. The van der Waals surface area contributed by atoms with Gasteiger partial charge in [0.25, 0.3) is 0 Å². The van der Waals surface area contributed by atoms with Crippen LogP contribution in [-0.2, 0) is 6.42 Å². The lowest BCUT2D eigenvalue weighted by atomic mass is 10.1. The van der Waals surface area contributed by atoms with Crippen molar-refractivity contribution in [3.8, 4) is 22.5 Å². The van der Waals surface area contributed by atoms with Gasteiger partial charge in [-0.2, -0.15) is 0 Å². The molecule has 0 amide bonds. The zero-order valence-electron chi connectivity index (χ0n) is 12.5. The number of hydrogen-bond acceptors (Lipinski definition) is 2. The molecule has 3 rings (SSSR count). The quantitative estimate of drug-likeness (QED) is 0.746. The summed E-state index contributed by atoms with van der Waals surface area (Å²) in [5.74, 6) is 0.726. The summed E-state index contributed by atoms with van der Waals surface area (Å²) in [4.78, 5) is 12.2. The highest BCUT2D eigenvalue weighted by Gasteiger charge is 2.14. The lowest BCUT2D eigenvalue weighted by Crippen LogP contribution is -1.87. The van der Waals surface area contributed by atoms with E-state index in [-0.39, 0.29) is 5.82 Å². The van der Waals surface area contributed by atoms with E-state index in [9.17, 15) is 4.39 Å². The molecular formula is C18H18FN3. The third kappa shape index (κ3) is 3.06. The van der Waals surface area contributed by atoms with Gasteiger partial charge >= 0.3 is 0 Å². The minimum absolute atomic E-state index is 0.240. The molecule has 1 aromatic carbocycles. The Kier molecular flexibility index (Phi) is 4.28. The Morgan fingerprint density at radius 2 is 1.73 bits per heavy atom. The predicted octanol–water partition coefficient (Wildman–Crippen LogP) is 4.62. The summed E-state index contributed by atoms with van der Waals surface area (Å²) < 4.78 is 13.2. The number of hydrogen-bond donors (Lipinski definition) is 1. The predicted molar refractivity (Wildman–Crippen MR) is 85.8 cm³/mol. The molecule has 0 unspecified atom stereocenters. The van der Waals surface area contributed by atoms with E-state index >= 15 is 0 Å². The molecule has 2 heterocycles. The van der Waals surface area contributed by atoms with Gasteiger partial charge in [-0.1, -0.05) is 13.3 Å². The number of aryl methyl sites for hydroxylation is 1. The number of pyridine rings is 1. The Morgan fingerprint density at radius 1 is 1.00 bits per heavy atom. The standard InChI is InChI=1S/C18H18FN3/c1-2-3-4-16-21-17(13-5-7-15(19)8-6-13)18(22-16)14-9-11-20-12-10-14/h5-12H,2-4H2,1H3,(H,21,22). The number of rotatable bonds is 5. The highest BCUT2D eigenvalue weighted by atomic mass is 19.1. The molecule has 0 radical (unpaired) electrons. The summed E-state index contributed by atoms with van der Waals surface area (Å²) in [7, 11) is 0. The molecule has 0 atom stereocenters. The van der Waals surface area contributed by atoms with Gasteiger partial charge in [-0.25, -0.2) is 9.37 Å². The van der Waals surface area contributed by atoms with E-state index in [1.165, 1.54) is 12.1 Å². The second-order valence-electron chi connectivity index (χ2n) is 5.25. The maximum atomic E-state index is 13.2. The summed E-state index contributed by atoms with van der Waals surface area (Å²) in [6, 6.07) is 10.4. The zero-order chi connectivity index (χ0) is 15.4. The Hall–Kier alpha value is -2.49. The molecule has 2 aromatic heterocycles. The van der Waals surface area contributed by atoms with Crippen LogP contribution in [0.5, 0.6) is 0 Å². The molecule has 0 spiro atoms. The number of halogens is 1. The number of H-pyrrole nitrogens is 1. The fraction of sp³-hybridized carbons (Fsp3) is 0.222. The van der Waals surface area contributed by atoms with E-state index in [2.05, 4.69) is 16.9 Å². The van der Waals surface area contributed by atoms with E-state index in [1.807, 2.05) is 12.1 Å². The van der Waals surface area contributed by atoms with Crippen LogP contribution in [0.3, 0.4) is 0 Å². The number of aromatic nitrogens is 3. The number of benzene rings is 1. The van der Waals surface area contributed by atoms with Gasteiger partial charge in [0, 0.05) is 29.9 Å². The van der Waals surface area contributed by atoms with Crippen LogP contribution >= 0.6 is 0 Å². The molecule has 0 saturated carbocycles. The fourth-order valence-corrected chi connectivity index (χ4v) is 2.43. The second kappa shape index (κ2) is 6.52. The lowest BCUT2D eigenvalue weighted by Gasteiger charge is -2.02. The zero-order valence-corrected chi connectivity index (χ0v) is 12.5. The van der Waals surface area contributed by atoms with Gasteiger partial charge in [-0.15, -0.1) is 0 Å². The fourth-order valence-electron chi connectivity index (χ4n) is 2.43. The maximum absolute atomic E-state index is 13.2. The van der Waals surface area contributed by atoms with Gasteiger partial charge in [-0.3, -0.25) is 4.98 Å². The lowest BCUT2D eigenvalue weighted by molar-refractivity contribution is 0.628. The number of unbranched alkanes of at least 4 members (excludes halogenated alkanes) is 1. The van der Waals surface area contributed by atoms with Crippen LogP contribution in [-0.4, -0.2) is 15.0 Å². The maximum Gasteiger partial charge on any atom is 0.123 e. The first-order chi connectivity index (χ1) is 10.8. The first-order valence-electron chi connectivity index (χ1n) is 7.53. The van der Waals surface area contributed by atoms with Crippen molar-refractivity contribution in [1.29, 1.82) is 0 Å². The summed E-state index contributed by atoms with van der Waals surface area (Å²) in [6.07, 6.45) is 6.64. The number of imidazole rings is 1. The van der Waals surface area contributed by atoms with Crippen molar-refractivity contribution in [3.63, 3.8) is 0 Å². The van der Waals surface area contributed by atoms with Gasteiger partial charge in [-0.05, 0) is 42.8 Å². The highest BCUT2D eigenvalue weighted by molar-refractivity contribution is 5.78. The van der Waals surface area contributed by atoms with Crippen LogP contribution in [0.25, 0.3) is 22.5 Å². The van der Waals surface area contributed by atoms with Gasteiger partial charge in [0.15, 0.2) is 0 Å². The molecule has 4 heteroatoms. The van der Waals surface area contributed by atoms with E-state index in [1.54, 1.807) is 24.5 Å². The van der Waals surface area contributed by atoms with Crippen molar-refractivity contribution in [3.05, 3.63) is 60.4 Å².